The van der Waals surface area contributed by atoms with E-state index < -0.39 is 11.6 Å². The average Bonchev–Trinajstić information content (AvgIpc) is 2.23. The van der Waals surface area contributed by atoms with Gasteiger partial charge in [-0.2, -0.15) is 0 Å². The number of Topliss-reactive ketones (excluding diaryl/α,β-unsaturated/α-hetero) is 2. The highest BCUT2D eigenvalue weighted by Crippen LogP contribution is 2.29. The van der Waals surface area contributed by atoms with Crippen molar-refractivity contribution in [1.82, 2.24) is 0 Å². The van der Waals surface area contributed by atoms with Crippen molar-refractivity contribution in [2.45, 2.75) is 0 Å². The van der Waals surface area contributed by atoms with E-state index in [-0.39, 0.29) is 27.1 Å². The van der Waals surface area contributed by atoms with Crippen LogP contribution in [0.4, 0.5) is 0 Å². The summed E-state index contributed by atoms with van der Waals surface area (Å²) >= 11 is 2.96. The molecule has 0 saturated carbocycles. The lowest BCUT2D eigenvalue weighted by Crippen LogP contribution is -2.24. The van der Waals surface area contributed by atoms with Gasteiger partial charge < -0.3 is 10.8 Å². The van der Waals surface area contributed by atoms with Crippen LogP contribution in [0.2, 0.25) is 0 Å². The molecule has 4 nitrogen and oxygen atoms in total. The normalized spacial score (nSPS) is 15.5. The summed E-state index contributed by atoms with van der Waals surface area (Å²) in [6.07, 6.45) is 0. The average molecular weight is 268 g/mol. The third kappa shape index (κ3) is 1.35. The molecule has 2 rings (SSSR count). The van der Waals surface area contributed by atoms with E-state index in [0.29, 0.717) is 0 Å². The number of halogens is 1. The van der Waals surface area contributed by atoms with Crippen LogP contribution < -0.4 is 5.73 Å². The second-order valence-electron chi connectivity index (χ2n) is 3.12. The maximum absolute atomic E-state index is 11.7. The van der Waals surface area contributed by atoms with Crippen LogP contribution in [-0.2, 0) is 0 Å². The Hall–Kier alpha value is -1.62. The largest absolute Gasteiger partial charge is 0.508 e. The summed E-state index contributed by atoms with van der Waals surface area (Å²) in [5.41, 5.74) is 5.75. The van der Waals surface area contributed by atoms with Crippen LogP contribution in [0.1, 0.15) is 20.7 Å². The zero-order valence-electron chi connectivity index (χ0n) is 7.45. The molecule has 0 amide bonds. The molecule has 0 aliphatic heterocycles. The zero-order valence-corrected chi connectivity index (χ0v) is 9.04. The van der Waals surface area contributed by atoms with E-state index in [0.717, 1.165) is 0 Å². The lowest BCUT2D eigenvalue weighted by molar-refractivity contribution is 0.0980. The first-order valence-electron chi connectivity index (χ1n) is 4.10. The van der Waals surface area contributed by atoms with Gasteiger partial charge in [0.05, 0.1) is 10.2 Å². The van der Waals surface area contributed by atoms with E-state index in [2.05, 4.69) is 15.9 Å². The summed E-state index contributed by atoms with van der Waals surface area (Å²) in [5, 5.41) is 9.22. The summed E-state index contributed by atoms with van der Waals surface area (Å²) in [6.45, 7) is 0. The highest BCUT2D eigenvalue weighted by Gasteiger charge is 2.29. The summed E-state index contributed by atoms with van der Waals surface area (Å²) in [5.74, 6) is -0.856. The van der Waals surface area contributed by atoms with Gasteiger partial charge in [-0.05, 0) is 34.1 Å². The molecule has 0 unspecified atom stereocenters. The first kappa shape index (κ1) is 9.92. The van der Waals surface area contributed by atoms with Gasteiger partial charge in [-0.1, -0.05) is 0 Å². The molecule has 5 heteroatoms. The van der Waals surface area contributed by atoms with E-state index in [9.17, 15) is 14.7 Å². The maximum Gasteiger partial charge on any atom is 0.210 e. The van der Waals surface area contributed by atoms with Crippen LogP contribution in [-0.4, -0.2) is 16.7 Å². The van der Waals surface area contributed by atoms with Crippen LogP contribution in [0, 0.1) is 0 Å². The summed E-state index contributed by atoms with van der Waals surface area (Å²) in [4.78, 5) is 23.3. The number of rotatable bonds is 0. The topological polar surface area (TPSA) is 80.4 Å². The number of aromatic hydroxyl groups is 1. The Morgan fingerprint density at radius 3 is 2.47 bits per heavy atom. The van der Waals surface area contributed by atoms with Gasteiger partial charge in [0, 0.05) is 11.1 Å². The van der Waals surface area contributed by atoms with E-state index in [1.54, 1.807) is 0 Å². The quantitative estimate of drug-likeness (QED) is 0.744. The van der Waals surface area contributed by atoms with Crippen LogP contribution in [0.5, 0.6) is 5.75 Å². The first-order valence-corrected chi connectivity index (χ1v) is 4.89. The highest BCUT2D eigenvalue weighted by molar-refractivity contribution is 9.12. The van der Waals surface area contributed by atoms with Crippen molar-refractivity contribution >= 4 is 27.5 Å². The first-order chi connectivity index (χ1) is 7.02. The molecule has 3 N–H and O–H groups in total. The van der Waals surface area contributed by atoms with Crippen molar-refractivity contribution in [1.29, 1.82) is 0 Å². The van der Waals surface area contributed by atoms with Gasteiger partial charge in [-0.15, -0.1) is 0 Å². The van der Waals surface area contributed by atoms with E-state index >= 15 is 0 Å². The monoisotopic (exact) mass is 267 g/mol. The summed E-state index contributed by atoms with van der Waals surface area (Å²) in [6, 6.07) is 3.98. The number of phenolic OH excluding ortho intramolecular Hbond substituents is 1. The molecule has 0 heterocycles. The number of nitrogens with two attached hydrogens (primary N) is 1. The van der Waals surface area contributed by atoms with Crippen molar-refractivity contribution in [2.24, 2.45) is 5.73 Å². The van der Waals surface area contributed by atoms with Crippen molar-refractivity contribution in [3.63, 3.8) is 0 Å². The number of carbonyl (C=O) groups excluding carboxylic acids is 2. The number of hydrogen-bond acceptors (Lipinski definition) is 4. The van der Waals surface area contributed by atoms with Crippen molar-refractivity contribution in [3.05, 3.63) is 39.5 Å². The van der Waals surface area contributed by atoms with Gasteiger partial charge in [-0.3, -0.25) is 9.59 Å². The number of hydrogen-bond donors (Lipinski definition) is 2. The van der Waals surface area contributed by atoms with Crippen LogP contribution in [0.25, 0.3) is 0 Å². The fourth-order valence-electron chi connectivity index (χ4n) is 1.40. The molecule has 0 fully saturated rings. The van der Waals surface area contributed by atoms with Crippen molar-refractivity contribution in [2.75, 3.05) is 0 Å². The molecule has 15 heavy (non-hydrogen) atoms. The lowest BCUT2D eigenvalue weighted by Gasteiger charge is -2.14. The predicted molar refractivity (Wildman–Crippen MR) is 56.9 cm³/mol. The number of fused-ring (bicyclic) bond motifs is 1. The van der Waals surface area contributed by atoms with Crippen LogP contribution in [0.15, 0.2) is 28.4 Å². The second-order valence-corrected chi connectivity index (χ2v) is 3.91. The zero-order chi connectivity index (χ0) is 11.2. The molecular formula is C10H6BrNO3. The number of carbonyl (C=O) groups is 2. The van der Waals surface area contributed by atoms with E-state index in [4.69, 9.17) is 5.73 Å². The Balaban J connectivity index is 2.73. The highest BCUT2D eigenvalue weighted by atomic mass is 79.9. The lowest BCUT2D eigenvalue weighted by atomic mass is 9.93. The maximum atomic E-state index is 11.7. The fourth-order valence-corrected chi connectivity index (χ4v) is 1.80. The molecule has 0 spiro atoms. The number of benzene rings is 1. The van der Waals surface area contributed by atoms with E-state index in [1.807, 2.05) is 0 Å². The van der Waals surface area contributed by atoms with Crippen LogP contribution in [0.3, 0.4) is 0 Å². The Kier molecular flexibility index (Phi) is 2.12. The minimum Gasteiger partial charge on any atom is -0.508 e. The minimum absolute atomic E-state index is 0.0469. The fraction of sp³-hybridized carbons (Fsp3) is 0. The molecular weight excluding hydrogens is 262 g/mol. The van der Waals surface area contributed by atoms with Gasteiger partial charge in [-0.25, -0.2) is 0 Å². The predicted octanol–water partition coefficient (Wildman–Crippen LogP) is 1.34. The number of phenols is 1. The molecule has 0 aromatic heterocycles. The van der Waals surface area contributed by atoms with Gasteiger partial charge >= 0.3 is 0 Å². The molecule has 1 aliphatic carbocycles. The third-order valence-corrected chi connectivity index (χ3v) is 2.96. The Morgan fingerprint density at radius 1 is 1.13 bits per heavy atom. The third-order valence-electron chi connectivity index (χ3n) is 2.17. The standard InChI is InChI=1S/C10H6BrNO3/c11-7-8(12)10(15)5-2-1-4(13)3-6(5)9(7)14/h1-3,13H,12H2. The van der Waals surface area contributed by atoms with Gasteiger partial charge in [0.25, 0.3) is 0 Å². The molecule has 1 aromatic carbocycles. The Morgan fingerprint density at radius 2 is 1.80 bits per heavy atom. The molecule has 76 valence electrons. The number of allylic oxidation sites excluding steroid dienone is 2. The second kappa shape index (κ2) is 3.20. The molecule has 1 aromatic rings. The van der Waals surface area contributed by atoms with Gasteiger partial charge in [0.1, 0.15) is 5.75 Å². The molecule has 1 aliphatic rings. The number of ketones is 2. The Labute approximate surface area is 93.5 Å². The molecule has 0 atom stereocenters. The molecule has 0 saturated heterocycles. The minimum atomic E-state index is -0.406. The SMILES string of the molecule is NC1=C(Br)C(=O)c2cc(O)ccc2C1=O. The van der Waals surface area contributed by atoms with Gasteiger partial charge in [0.2, 0.25) is 11.6 Å². The summed E-state index contributed by atoms with van der Waals surface area (Å²) in [7, 11) is 0. The van der Waals surface area contributed by atoms with Gasteiger partial charge in [0.15, 0.2) is 0 Å². The smallest absolute Gasteiger partial charge is 0.210 e. The molecule has 0 bridgehead atoms. The molecule has 0 radical (unpaired) electrons. The Bertz CT molecular complexity index is 519. The van der Waals surface area contributed by atoms with E-state index in [1.165, 1.54) is 18.2 Å². The van der Waals surface area contributed by atoms with Crippen molar-refractivity contribution in [3.8, 4) is 5.75 Å². The van der Waals surface area contributed by atoms with Crippen LogP contribution >= 0.6 is 15.9 Å². The summed E-state index contributed by atoms with van der Waals surface area (Å²) < 4.78 is 0.0469. The van der Waals surface area contributed by atoms with Crippen molar-refractivity contribution < 1.29 is 14.7 Å².